The van der Waals surface area contributed by atoms with Crippen molar-refractivity contribution in [3.63, 3.8) is 0 Å². The van der Waals surface area contributed by atoms with Gasteiger partial charge in [0, 0.05) is 0 Å². The zero-order chi connectivity index (χ0) is 64.0. The molecule has 0 nitrogen and oxygen atoms in total. The second-order valence-corrected chi connectivity index (χ2v) is 60.5. The molecule has 49 saturated carbocycles. The van der Waals surface area contributed by atoms with Crippen LogP contribution in [-0.4, -0.2) is 0 Å². The fourth-order valence-corrected chi connectivity index (χ4v) is 98.3. The van der Waals surface area contributed by atoms with Gasteiger partial charge in [0.25, 0.3) is 0 Å². The predicted molar refractivity (Wildman–Crippen MR) is 355 cm³/mol. The molecular formula is C96H96. The smallest absolute Gasteiger partial charge is 0.00000120 e. The van der Waals surface area contributed by atoms with Crippen LogP contribution in [0.2, 0.25) is 0 Å². The zero-order valence-corrected chi connectivity index (χ0v) is 64.0. The van der Waals surface area contributed by atoms with Crippen molar-refractivity contribution in [2.24, 2.45) is 227 Å². The van der Waals surface area contributed by atoms with E-state index in [4.69, 9.17) is 0 Å². The first-order chi connectivity index (χ1) is 44.0. The van der Waals surface area contributed by atoms with Crippen molar-refractivity contribution >= 4 is 0 Å². The van der Waals surface area contributed by atoms with Gasteiger partial charge < -0.3 is 0 Å². The van der Waals surface area contributed by atoms with Crippen LogP contribution in [0, 0.1) is 347 Å². The van der Waals surface area contributed by atoms with Crippen LogP contribution in [0.4, 0.5) is 0 Å². The Balaban J connectivity index is 0.725. The molecule has 36 spiro atoms. The van der Waals surface area contributed by atoms with Gasteiger partial charge in [-0.25, -0.2) is 0 Å². The Morgan fingerprint density at radius 1 is 0.0625 bits per heavy atom. The molecule has 0 heterocycles. The highest BCUT2D eigenvalue weighted by atomic mass is 15.9. The Bertz CT molecular complexity index is 5410. The van der Waals surface area contributed by atoms with Crippen LogP contribution in [-0.2, 0) is 0 Å². The minimum Gasteiger partial charge on any atom is -0.0588 e. The van der Waals surface area contributed by atoms with Gasteiger partial charge in [-0.05, 0) is 347 Å². The van der Waals surface area contributed by atoms with E-state index in [1.807, 2.05) is 0 Å². The van der Waals surface area contributed by atoms with Crippen LogP contribution in [0.5, 0.6) is 0 Å². The number of rotatable bonds is 0. The molecule has 48 unspecified atom stereocenters. The molecule has 49 rings (SSSR count). The van der Waals surface area contributed by atoms with Crippen molar-refractivity contribution in [3.05, 3.63) is 119 Å². The van der Waals surface area contributed by atoms with E-state index >= 15 is 0 Å². The van der Waals surface area contributed by atoms with Crippen LogP contribution >= 0.6 is 0 Å². The first-order valence-electron chi connectivity index (χ1n) is 44.0. The van der Waals surface area contributed by atoms with Crippen molar-refractivity contribution < 1.29 is 0 Å². The summed E-state index contributed by atoms with van der Waals surface area (Å²) >= 11 is 0. The summed E-state index contributed by atoms with van der Waals surface area (Å²) in [5.41, 5.74) is 37.9. The van der Waals surface area contributed by atoms with Crippen molar-refractivity contribution in [2.75, 3.05) is 0 Å². The topological polar surface area (TPSA) is 0 Å². The Hall–Kier alpha value is 0. The van der Waals surface area contributed by atoms with E-state index < -0.39 is 0 Å². The van der Waals surface area contributed by atoms with E-state index in [2.05, 4.69) is 222 Å². The van der Waals surface area contributed by atoms with E-state index in [9.17, 15) is 0 Å². The second-order valence-electron chi connectivity index (χ2n) is 60.5. The van der Waals surface area contributed by atoms with E-state index in [-0.39, 0.29) is 0 Å². The minimum atomic E-state index is 0.355. The van der Waals surface area contributed by atoms with Gasteiger partial charge in [0.1, 0.15) is 0 Å². The molecule has 0 radical (unpaired) electrons. The molecule has 49 aliphatic carbocycles. The average Bonchev–Trinajstić information content (AvgIpc) is 0.400. The molecule has 0 aromatic carbocycles. The third kappa shape index (κ3) is 0.800. The normalized spacial score (nSPS) is 125. The monoisotopic (exact) mass is 1250 g/mol. The first-order valence-corrected chi connectivity index (χ1v) is 44.0. The van der Waals surface area contributed by atoms with Crippen molar-refractivity contribution in [2.45, 2.75) is 222 Å². The Morgan fingerprint density at radius 3 is 0.229 bits per heavy atom. The molecule has 0 bridgehead atoms. The van der Waals surface area contributed by atoms with E-state index in [1.165, 1.54) is 0 Å². The highest BCUT2D eigenvalue weighted by Crippen LogP contribution is 3.90. The van der Waals surface area contributed by atoms with Gasteiger partial charge in [0.2, 0.25) is 0 Å². The summed E-state index contributed by atoms with van der Waals surface area (Å²) in [5.74, 6) is 0. The molecule has 0 N–H and O–H groups in total. The number of hydrogen-bond donors (Lipinski definition) is 0. The lowest BCUT2D eigenvalue weighted by Crippen LogP contribution is -3.74. The highest BCUT2D eigenvalue weighted by Gasteiger charge is 3.85. The van der Waals surface area contributed by atoms with Gasteiger partial charge >= 0.3 is 0 Å². The van der Waals surface area contributed by atoms with Crippen LogP contribution in [0.1, 0.15) is 222 Å². The molecule has 48 atom stereocenters. The summed E-state index contributed by atoms with van der Waals surface area (Å²) in [7, 11) is 0. The maximum Gasteiger partial charge on any atom is -0.00000120 e. The van der Waals surface area contributed by atoms with Gasteiger partial charge in [-0.1, -0.05) is 222 Å². The summed E-state index contributed by atoms with van der Waals surface area (Å²) in [6.07, 6.45) is 0. The van der Waals surface area contributed by atoms with Gasteiger partial charge in [0.15, 0.2) is 0 Å². The summed E-state index contributed by atoms with van der Waals surface area (Å²) in [5, 5.41) is 0. The lowest BCUT2D eigenvalue weighted by Gasteiger charge is -3.79. The standard InChI is InChI=1S/C96H96/c1-33(2)37(9)45(17)53(25)55(27)47(19)39(11)34(3,4)41(13)49(21)57(29)59(31)51(23)43(15)36(7,8)44(16)52(24)60(32)58(30)50(22)42(14)35(5,6)40(12)48(20)56(28)54(26)46(18)38(33,10)61(37)65(45)73(53)75(55)67(47)62(39,41)69(49)77(57)79(59)71(51)64(43,44)72(52)80(60)78(58)70(50)63(40,42)68(48)76(56)74(54)66(46,61)81(65)85(73)87(75)82(67,69)89(77)91(79)84(71,72)92(80)90(78)83(68,70)88(76)86(74,81)93(85)94(87,89)96(91,92)95(88,90)93/h1-32H3. The minimum absolute atomic E-state index is 0.355. The maximum atomic E-state index is 3.44. The van der Waals surface area contributed by atoms with Crippen LogP contribution in [0.25, 0.3) is 0 Å². The third-order valence-corrected chi connectivity index (χ3v) is 81.8. The zero-order valence-electron chi connectivity index (χ0n) is 64.0. The maximum absolute atomic E-state index is 3.44. The van der Waals surface area contributed by atoms with Gasteiger partial charge in [0.05, 0.1) is 0 Å². The largest absolute Gasteiger partial charge is 0.0588 e. The van der Waals surface area contributed by atoms with Crippen LogP contribution in [0.15, 0.2) is 0 Å². The molecule has 0 aromatic heterocycles. The molecule has 0 heteroatoms. The molecule has 49 aliphatic rings. The number of fused-ring (bicyclic) bond motifs is 20. The summed E-state index contributed by atoms with van der Waals surface area (Å²) in [4.78, 5) is 0. The Labute approximate surface area is 564 Å². The van der Waals surface area contributed by atoms with Crippen LogP contribution < -0.4 is 0 Å². The van der Waals surface area contributed by atoms with E-state index in [0.717, 1.165) is 86.6 Å². The lowest BCUT2D eigenvalue weighted by atomic mass is 8.22. The average molecular weight is 1250 g/mol. The summed E-state index contributed by atoms with van der Waals surface area (Å²) < 4.78 is 0. The molecule has 0 saturated heterocycles. The van der Waals surface area contributed by atoms with E-state index in [0.29, 0.717) is 260 Å². The molecule has 0 aromatic rings. The fraction of sp³-hybridized carbons (Fsp3) is 1.00. The van der Waals surface area contributed by atoms with Crippen molar-refractivity contribution in [1.82, 2.24) is 0 Å². The van der Waals surface area contributed by atoms with Crippen molar-refractivity contribution in [3.8, 4) is 0 Å². The van der Waals surface area contributed by atoms with Gasteiger partial charge in [-0.3, -0.25) is 0 Å². The molecule has 96 heavy (non-hydrogen) atoms. The van der Waals surface area contributed by atoms with Gasteiger partial charge in [-0.2, -0.15) is 0 Å². The Kier molecular flexibility index (Phi) is 2.48. The molecule has 0 aliphatic heterocycles. The molecule has 49 fully saturated rings. The quantitative estimate of drug-likeness (QED) is 0.227. The first kappa shape index (κ1) is 41.8. The molecular weight excluding hydrogens is 1150 g/mol. The summed E-state index contributed by atoms with van der Waals surface area (Å²) in [6, 6.07) is 0. The van der Waals surface area contributed by atoms with Crippen LogP contribution in [0.3, 0.4) is 0 Å². The second kappa shape index (κ2) is 5.69. The summed E-state index contributed by atoms with van der Waals surface area (Å²) in [6.45, 7) is 106. The fourth-order valence-electron chi connectivity index (χ4n) is 98.3. The highest BCUT2D eigenvalue weighted by molar-refractivity contribution is 6.89. The number of hydrogen-bond acceptors (Lipinski definition) is 0. The predicted octanol–water partition coefficient (Wildman–Crippen LogP) is 18.2. The molecule has 0 amide bonds. The SMILES string of the molecule is CC1(C)C2(C)C3(C)C4(C)C5(C)C6(C)C7(C)C(C)(C)C8(C)C9(C)C%10(C)C%11(C)C%12(C)C%13(C)C(C)(C)C%14(C)C%15(C)C%16(C)C%17(C)C%18(C)C%19(C)C(C)(C)C%20(C)C%21(C)C%22(C)C%23(C)C%24(C)C1(C)C21C32C43C54C65C78C96C%107C%118C%129C%13%14C%15%10C%16%11C%17%12C%18%13C%20%19C%21%14C%22%15C%23%16C%241C21C32C43C56C74C85C9%10C%116C%127C%14%13C%158C%161C21C34C56C871. The van der Waals surface area contributed by atoms with Crippen molar-refractivity contribution in [1.29, 1.82) is 0 Å². The third-order valence-electron chi connectivity index (χ3n) is 81.8. The lowest BCUT2D eigenvalue weighted by molar-refractivity contribution is -1.04. The van der Waals surface area contributed by atoms with E-state index in [1.54, 1.807) is 0 Å². The van der Waals surface area contributed by atoms with Gasteiger partial charge in [-0.15, -0.1) is 0 Å². The Morgan fingerprint density at radius 2 is 0.125 bits per heavy atom. The molecule has 480 valence electrons.